The molecule has 0 aliphatic heterocycles. The third kappa shape index (κ3) is 2.95. The van der Waals surface area contributed by atoms with Crippen molar-refractivity contribution in [1.29, 1.82) is 0 Å². The summed E-state index contributed by atoms with van der Waals surface area (Å²) >= 11 is 2.56. The molecule has 1 aliphatic carbocycles. The fraction of sp³-hybridized carbons (Fsp3) is 1.00. The van der Waals surface area contributed by atoms with Crippen LogP contribution >= 0.6 is 22.6 Å². The molecule has 0 aromatic rings. The Bertz CT molecular complexity index is 198. The second kappa shape index (κ2) is 4.42. The quantitative estimate of drug-likeness (QED) is 0.416. The fourth-order valence-electron chi connectivity index (χ4n) is 1.57. The largest absolute Gasteiger partial charge is 0.413 e. The van der Waals surface area contributed by atoms with Crippen LogP contribution in [0.3, 0.4) is 0 Å². The van der Waals surface area contributed by atoms with Gasteiger partial charge in [-0.25, -0.2) is 0 Å². The van der Waals surface area contributed by atoms with Gasteiger partial charge in [0.2, 0.25) is 0 Å². The van der Waals surface area contributed by atoms with E-state index in [2.05, 4.69) is 56.5 Å². The molecule has 84 valence electrons. The first-order valence-corrected chi connectivity index (χ1v) is 9.71. The van der Waals surface area contributed by atoms with Crippen molar-refractivity contribution in [2.45, 2.75) is 68.2 Å². The van der Waals surface area contributed by atoms with Crippen LogP contribution in [0.15, 0.2) is 0 Å². The highest BCUT2D eigenvalue weighted by Crippen LogP contribution is 2.40. The second-order valence-corrected chi connectivity index (χ2v) is 12.2. The lowest BCUT2D eigenvalue weighted by molar-refractivity contribution is 0.196. The Morgan fingerprint density at radius 1 is 1.21 bits per heavy atom. The monoisotopic (exact) mass is 326 g/mol. The van der Waals surface area contributed by atoms with Gasteiger partial charge in [0.15, 0.2) is 8.32 Å². The van der Waals surface area contributed by atoms with Crippen molar-refractivity contribution in [2.75, 3.05) is 0 Å². The minimum atomic E-state index is -1.52. The maximum atomic E-state index is 6.41. The van der Waals surface area contributed by atoms with Gasteiger partial charge < -0.3 is 4.43 Å². The zero-order valence-electron chi connectivity index (χ0n) is 10.1. The van der Waals surface area contributed by atoms with E-state index < -0.39 is 8.32 Å². The molecule has 1 saturated carbocycles. The van der Waals surface area contributed by atoms with E-state index in [-0.39, 0.29) is 0 Å². The molecule has 0 radical (unpaired) electrons. The molecule has 1 nitrogen and oxygen atoms in total. The van der Waals surface area contributed by atoms with Crippen LogP contribution in [0.4, 0.5) is 0 Å². The first-order chi connectivity index (χ1) is 6.24. The van der Waals surface area contributed by atoms with Gasteiger partial charge in [0.1, 0.15) is 0 Å². The molecule has 0 spiro atoms. The summed E-state index contributed by atoms with van der Waals surface area (Å²) in [6.45, 7) is 11.7. The first kappa shape index (κ1) is 13.0. The van der Waals surface area contributed by atoms with Crippen molar-refractivity contribution in [3.8, 4) is 0 Å². The summed E-state index contributed by atoms with van der Waals surface area (Å²) in [5.74, 6) is 0. The molecule has 1 fully saturated rings. The molecule has 0 heterocycles. The average molecular weight is 326 g/mol. The maximum Gasteiger partial charge on any atom is 0.192 e. The lowest BCUT2D eigenvalue weighted by Gasteiger charge is -2.39. The molecule has 0 aromatic heterocycles. The van der Waals surface area contributed by atoms with E-state index in [1.54, 1.807) is 0 Å². The molecule has 1 aliphatic rings. The van der Waals surface area contributed by atoms with E-state index in [0.717, 1.165) is 3.92 Å². The van der Waals surface area contributed by atoms with E-state index >= 15 is 0 Å². The molecule has 2 atom stereocenters. The minimum Gasteiger partial charge on any atom is -0.413 e. The van der Waals surface area contributed by atoms with E-state index in [9.17, 15) is 0 Å². The SMILES string of the molecule is CC(C)(C)[Si](C)(C)O[C@@H]1CCCC1I. The van der Waals surface area contributed by atoms with Crippen LogP contribution in [0.25, 0.3) is 0 Å². The number of hydrogen-bond donors (Lipinski definition) is 0. The highest BCUT2D eigenvalue weighted by Gasteiger charge is 2.41. The van der Waals surface area contributed by atoms with Gasteiger partial charge in [0.25, 0.3) is 0 Å². The van der Waals surface area contributed by atoms with Gasteiger partial charge in [-0.05, 0) is 37.4 Å². The smallest absolute Gasteiger partial charge is 0.192 e. The van der Waals surface area contributed by atoms with E-state index in [1.165, 1.54) is 19.3 Å². The third-order valence-electron chi connectivity index (χ3n) is 3.62. The number of rotatable bonds is 2. The van der Waals surface area contributed by atoms with Gasteiger partial charge >= 0.3 is 0 Å². The van der Waals surface area contributed by atoms with E-state index in [4.69, 9.17) is 4.43 Å². The van der Waals surface area contributed by atoms with Crippen LogP contribution in [0.5, 0.6) is 0 Å². The summed E-state index contributed by atoms with van der Waals surface area (Å²) in [4.78, 5) is 0. The van der Waals surface area contributed by atoms with Crippen molar-refractivity contribution in [3.05, 3.63) is 0 Å². The average Bonchev–Trinajstić information content (AvgIpc) is 2.33. The van der Waals surface area contributed by atoms with E-state index in [1.807, 2.05) is 0 Å². The van der Waals surface area contributed by atoms with Crippen LogP contribution < -0.4 is 0 Å². The second-order valence-electron chi connectivity index (χ2n) is 5.86. The molecule has 0 N–H and O–H groups in total. The molecule has 0 amide bonds. The van der Waals surface area contributed by atoms with Crippen LogP contribution in [-0.2, 0) is 4.43 Å². The van der Waals surface area contributed by atoms with Gasteiger partial charge in [0, 0.05) is 3.92 Å². The molecule has 1 rings (SSSR count). The number of halogens is 1. The Kier molecular flexibility index (Phi) is 4.09. The summed E-state index contributed by atoms with van der Waals surface area (Å²) in [5, 5.41) is 0.353. The summed E-state index contributed by atoms with van der Waals surface area (Å²) in [6, 6.07) is 0. The normalized spacial score (nSPS) is 29.6. The summed E-state index contributed by atoms with van der Waals surface area (Å²) < 4.78 is 7.16. The molecule has 0 aromatic carbocycles. The molecule has 3 heteroatoms. The fourth-order valence-corrected chi connectivity index (χ4v) is 4.19. The first-order valence-electron chi connectivity index (χ1n) is 5.56. The van der Waals surface area contributed by atoms with Crippen molar-refractivity contribution in [3.63, 3.8) is 0 Å². The van der Waals surface area contributed by atoms with Crippen molar-refractivity contribution in [2.24, 2.45) is 0 Å². The predicted octanol–water partition coefficient (Wildman–Crippen LogP) is 4.36. The highest BCUT2D eigenvalue weighted by atomic mass is 127. The van der Waals surface area contributed by atoms with Crippen molar-refractivity contribution in [1.82, 2.24) is 0 Å². The minimum absolute atomic E-state index is 0.353. The molecular weight excluding hydrogens is 303 g/mol. The van der Waals surface area contributed by atoms with Crippen molar-refractivity contribution >= 4 is 30.9 Å². The van der Waals surface area contributed by atoms with Gasteiger partial charge in [-0.15, -0.1) is 0 Å². The van der Waals surface area contributed by atoms with Crippen LogP contribution in [0, 0.1) is 0 Å². The van der Waals surface area contributed by atoms with Crippen LogP contribution in [0.2, 0.25) is 18.1 Å². The summed E-state index contributed by atoms with van der Waals surface area (Å²) in [7, 11) is -1.52. The lowest BCUT2D eigenvalue weighted by Crippen LogP contribution is -2.44. The molecule has 1 unspecified atom stereocenters. The number of alkyl halides is 1. The predicted molar refractivity (Wildman–Crippen MR) is 73.7 cm³/mol. The van der Waals surface area contributed by atoms with E-state index in [0.29, 0.717) is 11.1 Å². The molecular formula is C11H23IOSi. The van der Waals surface area contributed by atoms with Gasteiger partial charge in [-0.3, -0.25) is 0 Å². The number of hydrogen-bond acceptors (Lipinski definition) is 1. The summed E-state index contributed by atoms with van der Waals surface area (Å²) in [6.07, 6.45) is 4.52. The Morgan fingerprint density at radius 2 is 1.79 bits per heavy atom. The standard InChI is InChI=1S/C11H23IOSi/c1-11(2,3)14(4,5)13-10-8-6-7-9(10)12/h9-10H,6-8H2,1-5H3/t9?,10-/m1/s1. The summed E-state index contributed by atoms with van der Waals surface area (Å²) in [5.41, 5.74) is 0. The zero-order chi connectivity index (χ0) is 11.0. The molecule has 14 heavy (non-hydrogen) atoms. The highest BCUT2D eigenvalue weighted by molar-refractivity contribution is 14.1. The topological polar surface area (TPSA) is 9.23 Å². The Balaban J connectivity index is 2.58. The lowest BCUT2D eigenvalue weighted by atomic mass is 10.2. The molecule has 0 saturated heterocycles. The Hall–Kier alpha value is 0.907. The third-order valence-corrected chi connectivity index (χ3v) is 9.55. The van der Waals surface area contributed by atoms with Crippen LogP contribution in [0.1, 0.15) is 40.0 Å². The Morgan fingerprint density at radius 3 is 2.14 bits per heavy atom. The molecule has 0 bridgehead atoms. The van der Waals surface area contributed by atoms with Gasteiger partial charge in [-0.1, -0.05) is 43.4 Å². The van der Waals surface area contributed by atoms with Crippen molar-refractivity contribution < 1.29 is 4.43 Å². The van der Waals surface area contributed by atoms with Gasteiger partial charge in [-0.2, -0.15) is 0 Å². The maximum absolute atomic E-state index is 6.41. The van der Waals surface area contributed by atoms with Gasteiger partial charge in [0.05, 0.1) is 6.10 Å². The zero-order valence-corrected chi connectivity index (χ0v) is 13.2. The Labute approximate surface area is 103 Å². The van der Waals surface area contributed by atoms with Crippen LogP contribution in [-0.4, -0.2) is 18.3 Å².